The Balaban J connectivity index is 1.36. The molecule has 0 amide bonds. The molecule has 1 saturated heterocycles. The molecule has 2 heterocycles. The molecule has 6 heteroatoms. The zero-order valence-electron chi connectivity index (χ0n) is 21.3. The second kappa shape index (κ2) is 12.5. The summed E-state index contributed by atoms with van der Waals surface area (Å²) in [5.74, 6) is 0.696. The minimum atomic E-state index is -0.783. The van der Waals surface area contributed by atoms with E-state index in [1.807, 2.05) is 42.5 Å². The van der Waals surface area contributed by atoms with E-state index < -0.39 is 5.97 Å². The average Bonchev–Trinajstić information content (AvgIpc) is 2.87. The lowest BCUT2D eigenvalue weighted by atomic mass is 9.99. The maximum Gasteiger partial charge on any atom is 0.303 e. The lowest BCUT2D eigenvalue weighted by Crippen LogP contribution is -2.33. The number of carboxylic acids is 1. The average molecular weight is 489 g/mol. The summed E-state index contributed by atoms with van der Waals surface area (Å²) in [5.41, 5.74) is 6.26. The van der Waals surface area contributed by atoms with Crippen LogP contribution in [-0.4, -0.2) is 47.2 Å². The van der Waals surface area contributed by atoms with Crippen molar-refractivity contribution in [2.75, 3.05) is 26.2 Å². The second-order valence-electron chi connectivity index (χ2n) is 9.54. The summed E-state index contributed by atoms with van der Waals surface area (Å²) in [6.07, 6.45) is 4.60. The third-order valence-electron chi connectivity index (χ3n) is 6.65. The van der Waals surface area contributed by atoms with Gasteiger partial charge in [0.1, 0.15) is 19.0 Å². The third-order valence-corrected chi connectivity index (χ3v) is 6.65. The molecule has 1 aromatic heterocycles. The van der Waals surface area contributed by atoms with Gasteiger partial charge in [0.05, 0.1) is 5.69 Å². The smallest absolute Gasteiger partial charge is 0.303 e. The Labute approximate surface area is 213 Å². The van der Waals surface area contributed by atoms with Crippen LogP contribution in [0.25, 0.3) is 11.3 Å². The number of hydrogen-bond acceptors (Lipinski definition) is 5. The van der Waals surface area contributed by atoms with Crippen LogP contribution in [0.15, 0.2) is 54.6 Å². The monoisotopic (exact) mass is 488 g/mol. The van der Waals surface area contributed by atoms with Gasteiger partial charge >= 0.3 is 5.97 Å². The first-order chi connectivity index (χ1) is 17.5. The summed E-state index contributed by atoms with van der Waals surface area (Å²) < 4.78 is 12.1. The van der Waals surface area contributed by atoms with Gasteiger partial charge < -0.3 is 14.6 Å². The fourth-order valence-electron chi connectivity index (χ4n) is 4.73. The molecule has 0 atom stereocenters. The highest BCUT2D eigenvalue weighted by atomic mass is 16.5. The second-order valence-corrected chi connectivity index (χ2v) is 9.54. The SMILES string of the molecule is Cc1cc(OCCN2CCCCC2)cc(C)c1-c1cccc(OCc2ccc(CCC(=O)O)cc2)n1. The Hall–Kier alpha value is -3.38. The number of nitrogens with zero attached hydrogens (tertiary/aromatic N) is 2. The molecule has 0 radical (unpaired) electrons. The summed E-state index contributed by atoms with van der Waals surface area (Å²) in [6.45, 7) is 8.65. The fraction of sp³-hybridized carbons (Fsp3) is 0.400. The maximum absolute atomic E-state index is 10.7. The van der Waals surface area contributed by atoms with E-state index in [-0.39, 0.29) is 6.42 Å². The summed E-state index contributed by atoms with van der Waals surface area (Å²) >= 11 is 0. The molecule has 1 fully saturated rings. The summed E-state index contributed by atoms with van der Waals surface area (Å²) in [5, 5.41) is 8.84. The molecule has 0 saturated carbocycles. The number of aromatic nitrogens is 1. The molecule has 3 aromatic rings. The van der Waals surface area contributed by atoms with E-state index >= 15 is 0 Å². The van der Waals surface area contributed by atoms with E-state index in [4.69, 9.17) is 19.6 Å². The fourth-order valence-corrected chi connectivity index (χ4v) is 4.73. The highest BCUT2D eigenvalue weighted by Gasteiger charge is 2.13. The van der Waals surface area contributed by atoms with E-state index in [0.717, 1.165) is 45.8 Å². The summed E-state index contributed by atoms with van der Waals surface area (Å²) in [7, 11) is 0. The van der Waals surface area contributed by atoms with Crippen molar-refractivity contribution in [2.24, 2.45) is 0 Å². The van der Waals surface area contributed by atoms with Crippen molar-refractivity contribution in [3.63, 3.8) is 0 Å². The number of carbonyl (C=O) groups is 1. The van der Waals surface area contributed by atoms with Crippen molar-refractivity contribution >= 4 is 5.97 Å². The molecule has 36 heavy (non-hydrogen) atoms. The first-order valence-electron chi connectivity index (χ1n) is 12.8. The van der Waals surface area contributed by atoms with E-state index in [2.05, 4.69) is 30.9 Å². The predicted octanol–water partition coefficient (Wildman–Crippen LogP) is 5.83. The number of piperidine rings is 1. The molecule has 0 unspecified atom stereocenters. The standard InChI is InChI=1S/C30H36N2O4/c1-22-19-26(35-18-17-32-15-4-3-5-16-32)20-23(2)30(22)27-7-6-8-28(31-27)36-21-25-11-9-24(10-12-25)13-14-29(33)34/h6-12,19-20H,3-5,13-18,21H2,1-2H3,(H,33,34). The Morgan fingerprint density at radius 2 is 1.64 bits per heavy atom. The summed E-state index contributed by atoms with van der Waals surface area (Å²) in [6, 6.07) is 17.9. The Bertz CT molecular complexity index is 1130. The van der Waals surface area contributed by atoms with Crippen LogP contribution < -0.4 is 9.47 Å². The van der Waals surface area contributed by atoms with Crippen LogP contribution in [0, 0.1) is 13.8 Å². The molecule has 0 bridgehead atoms. The van der Waals surface area contributed by atoms with Crippen molar-refractivity contribution in [3.8, 4) is 22.9 Å². The highest BCUT2D eigenvalue weighted by molar-refractivity contribution is 5.69. The predicted molar refractivity (Wildman–Crippen MR) is 142 cm³/mol. The van der Waals surface area contributed by atoms with Crippen LogP contribution in [0.3, 0.4) is 0 Å². The van der Waals surface area contributed by atoms with Crippen molar-refractivity contribution in [1.29, 1.82) is 0 Å². The normalized spacial score (nSPS) is 13.9. The molecule has 2 aromatic carbocycles. The first-order valence-corrected chi connectivity index (χ1v) is 12.8. The molecular formula is C30H36N2O4. The lowest BCUT2D eigenvalue weighted by molar-refractivity contribution is -0.136. The molecule has 1 aliphatic heterocycles. The number of pyridine rings is 1. The quantitative estimate of drug-likeness (QED) is 0.366. The third kappa shape index (κ3) is 7.31. The molecule has 1 aliphatic rings. The number of likely N-dealkylation sites (tertiary alicyclic amines) is 1. The number of carboxylic acid groups (broad SMARTS) is 1. The van der Waals surface area contributed by atoms with E-state index in [1.165, 1.54) is 32.4 Å². The van der Waals surface area contributed by atoms with E-state index in [0.29, 0.717) is 25.5 Å². The number of aliphatic carboxylic acids is 1. The van der Waals surface area contributed by atoms with Crippen LogP contribution in [0.1, 0.15) is 47.9 Å². The van der Waals surface area contributed by atoms with Gasteiger partial charge in [-0.1, -0.05) is 36.8 Å². The largest absolute Gasteiger partial charge is 0.492 e. The lowest BCUT2D eigenvalue weighted by Gasteiger charge is -2.26. The topological polar surface area (TPSA) is 71.9 Å². The van der Waals surface area contributed by atoms with Crippen molar-refractivity contribution < 1.29 is 19.4 Å². The van der Waals surface area contributed by atoms with Crippen molar-refractivity contribution in [3.05, 3.63) is 76.9 Å². The van der Waals surface area contributed by atoms with Gasteiger partial charge in [0, 0.05) is 24.6 Å². The first kappa shape index (κ1) is 25.7. The van der Waals surface area contributed by atoms with Gasteiger partial charge in [-0.2, -0.15) is 0 Å². The number of hydrogen-bond donors (Lipinski definition) is 1. The van der Waals surface area contributed by atoms with Crippen LogP contribution in [0.5, 0.6) is 11.6 Å². The van der Waals surface area contributed by atoms with Crippen LogP contribution in [-0.2, 0) is 17.8 Å². The van der Waals surface area contributed by atoms with Crippen molar-refractivity contribution in [1.82, 2.24) is 9.88 Å². The van der Waals surface area contributed by atoms with Crippen LogP contribution >= 0.6 is 0 Å². The van der Waals surface area contributed by atoms with Gasteiger partial charge in [-0.3, -0.25) is 9.69 Å². The van der Waals surface area contributed by atoms with Crippen LogP contribution in [0.4, 0.5) is 0 Å². The van der Waals surface area contributed by atoms with Gasteiger partial charge in [-0.25, -0.2) is 4.98 Å². The van der Waals surface area contributed by atoms with Crippen LogP contribution in [0.2, 0.25) is 0 Å². The van der Waals surface area contributed by atoms with Gasteiger partial charge in [-0.15, -0.1) is 0 Å². The highest BCUT2D eigenvalue weighted by Crippen LogP contribution is 2.31. The molecule has 190 valence electrons. The Kier molecular flexibility index (Phi) is 8.95. The molecule has 1 N–H and O–H groups in total. The van der Waals surface area contributed by atoms with Gasteiger partial charge in [0.2, 0.25) is 5.88 Å². The van der Waals surface area contributed by atoms with E-state index in [9.17, 15) is 4.79 Å². The van der Waals surface area contributed by atoms with Gasteiger partial charge in [0.15, 0.2) is 0 Å². The minimum absolute atomic E-state index is 0.136. The number of ether oxygens (including phenoxy) is 2. The maximum atomic E-state index is 10.7. The number of rotatable bonds is 11. The van der Waals surface area contributed by atoms with Crippen molar-refractivity contribution in [2.45, 2.75) is 52.6 Å². The van der Waals surface area contributed by atoms with Gasteiger partial charge in [-0.05, 0) is 86.7 Å². The zero-order valence-corrected chi connectivity index (χ0v) is 21.3. The van der Waals surface area contributed by atoms with E-state index in [1.54, 1.807) is 0 Å². The van der Waals surface area contributed by atoms with Gasteiger partial charge in [0.25, 0.3) is 0 Å². The summed E-state index contributed by atoms with van der Waals surface area (Å²) in [4.78, 5) is 18.0. The number of aryl methyl sites for hydroxylation is 3. The molecule has 6 nitrogen and oxygen atoms in total. The molecule has 4 rings (SSSR count). The molecular weight excluding hydrogens is 452 g/mol. The zero-order chi connectivity index (χ0) is 25.3. The Morgan fingerprint density at radius 1 is 0.944 bits per heavy atom. The molecule has 0 aliphatic carbocycles. The molecule has 0 spiro atoms. The minimum Gasteiger partial charge on any atom is -0.492 e. The Morgan fingerprint density at radius 3 is 2.33 bits per heavy atom. The number of benzene rings is 2.